The van der Waals surface area contributed by atoms with E-state index in [1.165, 1.54) is 31.7 Å². The number of nitrogens with zero attached hydrogens (tertiary/aromatic N) is 1. The second kappa shape index (κ2) is 5.62. The number of halogens is 2. The lowest BCUT2D eigenvalue weighted by molar-refractivity contribution is 0.628. The van der Waals surface area contributed by atoms with E-state index in [1.807, 2.05) is 6.07 Å². The van der Waals surface area contributed by atoms with Crippen LogP contribution in [0.1, 0.15) is 37.3 Å². The molecule has 0 amide bonds. The molecular weight excluding hydrogens is 295 g/mol. The normalized spacial score (nSPS) is 15.7. The van der Waals surface area contributed by atoms with E-state index in [-0.39, 0.29) is 5.02 Å². The van der Waals surface area contributed by atoms with Gasteiger partial charge in [-0.15, -0.1) is 0 Å². The second-order valence-corrected chi connectivity index (χ2v) is 5.96. The van der Waals surface area contributed by atoms with Crippen LogP contribution in [0.4, 0.5) is 4.39 Å². The molecule has 1 aromatic carbocycles. The molecular formula is C15H14ClFN2S. The Hall–Kier alpha value is -1.26. The van der Waals surface area contributed by atoms with E-state index < -0.39 is 5.82 Å². The molecule has 0 saturated heterocycles. The third-order valence-corrected chi connectivity index (χ3v) is 4.25. The van der Waals surface area contributed by atoms with Gasteiger partial charge < -0.3 is 4.98 Å². The molecule has 2 aromatic rings. The largest absolute Gasteiger partial charge is 0.343 e. The molecule has 1 saturated carbocycles. The van der Waals surface area contributed by atoms with Crippen molar-refractivity contribution < 1.29 is 4.39 Å². The van der Waals surface area contributed by atoms with Gasteiger partial charge >= 0.3 is 0 Å². The molecule has 5 heteroatoms. The summed E-state index contributed by atoms with van der Waals surface area (Å²) < 4.78 is 13.8. The third-order valence-electron chi connectivity index (χ3n) is 3.75. The lowest BCUT2D eigenvalue weighted by atomic mass is 10.0. The van der Waals surface area contributed by atoms with Crippen LogP contribution in [0.2, 0.25) is 5.02 Å². The van der Waals surface area contributed by atoms with E-state index in [2.05, 4.69) is 9.97 Å². The molecule has 0 radical (unpaired) electrons. The topological polar surface area (TPSA) is 28.7 Å². The van der Waals surface area contributed by atoms with Crippen LogP contribution in [-0.2, 0) is 0 Å². The second-order valence-electron chi connectivity index (χ2n) is 5.13. The van der Waals surface area contributed by atoms with E-state index >= 15 is 0 Å². The highest BCUT2D eigenvalue weighted by atomic mass is 35.5. The number of benzene rings is 1. The molecule has 3 rings (SSSR count). The Kier molecular flexibility index (Phi) is 3.85. The first-order chi connectivity index (χ1) is 9.63. The van der Waals surface area contributed by atoms with Crippen LogP contribution in [0.5, 0.6) is 0 Å². The molecule has 1 fully saturated rings. The standard InChI is InChI=1S/C15H14ClFN2S/c16-11-7-10(5-6-12(11)17)15-18-13(8-14(20)19-15)9-3-1-2-4-9/h5-9H,1-4H2,(H,18,19,20). The minimum Gasteiger partial charge on any atom is -0.343 e. The maximum atomic E-state index is 13.2. The zero-order chi connectivity index (χ0) is 14.1. The van der Waals surface area contributed by atoms with E-state index in [0.717, 1.165) is 11.3 Å². The number of hydrogen-bond donors (Lipinski definition) is 1. The Bertz CT molecular complexity index is 693. The van der Waals surface area contributed by atoms with Gasteiger partial charge in [-0.3, -0.25) is 0 Å². The van der Waals surface area contributed by atoms with Crippen LogP contribution in [0, 0.1) is 10.5 Å². The van der Waals surface area contributed by atoms with Crippen molar-refractivity contribution in [2.75, 3.05) is 0 Å². The van der Waals surface area contributed by atoms with Gasteiger partial charge in [0.1, 0.15) is 16.3 Å². The highest BCUT2D eigenvalue weighted by molar-refractivity contribution is 7.71. The fraction of sp³-hybridized carbons (Fsp3) is 0.333. The number of H-pyrrole nitrogens is 1. The van der Waals surface area contributed by atoms with Crippen molar-refractivity contribution in [1.82, 2.24) is 9.97 Å². The lowest BCUT2D eigenvalue weighted by Gasteiger charge is -2.11. The molecule has 104 valence electrons. The van der Waals surface area contributed by atoms with Crippen LogP contribution in [0.15, 0.2) is 24.3 Å². The summed E-state index contributed by atoms with van der Waals surface area (Å²) in [6.07, 6.45) is 4.87. The molecule has 0 spiro atoms. The Balaban J connectivity index is 2.04. The third kappa shape index (κ3) is 2.76. The number of nitrogens with one attached hydrogen (secondary N) is 1. The minimum atomic E-state index is -0.430. The highest BCUT2D eigenvalue weighted by Gasteiger charge is 2.18. The smallest absolute Gasteiger partial charge is 0.141 e. The van der Waals surface area contributed by atoms with Gasteiger partial charge in [0.05, 0.1) is 5.02 Å². The zero-order valence-corrected chi connectivity index (χ0v) is 12.4. The maximum absolute atomic E-state index is 13.2. The van der Waals surface area contributed by atoms with E-state index in [4.69, 9.17) is 23.8 Å². The maximum Gasteiger partial charge on any atom is 0.141 e. The van der Waals surface area contributed by atoms with Crippen LogP contribution < -0.4 is 0 Å². The van der Waals surface area contributed by atoms with Gasteiger partial charge in [0.2, 0.25) is 0 Å². The van der Waals surface area contributed by atoms with Crippen molar-refractivity contribution in [3.8, 4) is 11.4 Å². The van der Waals surface area contributed by atoms with Crippen LogP contribution in [0.3, 0.4) is 0 Å². The molecule has 1 heterocycles. The fourth-order valence-electron chi connectivity index (χ4n) is 2.71. The lowest BCUT2D eigenvalue weighted by Crippen LogP contribution is -2.00. The number of aromatic nitrogens is 2. The molecule has 0 aliphatic heterocycles. The molecule has 20 heavy (non-hydrogen) atoms. The number of rotatable bonds is 2. The van der Waals surface area contributed by atoms with Gasteiger partial charge in [-0.25, -0.2) is 9.37 Å². The predicted molar refractivity (Wildman–Crippen MR) is 81.0 cm³/mol. The van der Waals surface area contributed by atoms with Crippen LogP contribution in [-0.4, -0.2) is 9.97 Å². The average Bonchev–Trinajstić information content (AvgIpc) is 2.95. The summed E-state index contributed by atoms with van der Waals surface area (Å²) in [6, 6.07) is 6.51. The Morgan fingerprint density at radius 2 is 2.00 bits per heavy atom. The van der Waals surface area contributed by atoms with Crippen molar-refractivity contribution >= 4 is 23.8 Å². The molecule has 1 aromatic heterocycles. The van der Waals surface area contributed by atoms with E-state index in [9.17, 15) is 4.39 Å². The first-order valence-electron chi connectivity index (χ1n) is 6.70. The van der Waals surface area contributed by atoms with Crippen molar-refractivity contribution in [2.45, 2.75) is 31.6 Å². The zero-order valence-electron chi connectivity index (χ0n) is 10.8. The number of aromatic amines is 1. The van der Waals surface area contributed by atoms with Gasteiger partial charge in [-0.05, 0) is 43.0 Å². The molecule has 1 aliphatic rings. The first kappa shape index (κ1) is 13.7. The summed E-state index contributed by atoms with van der Waals surface area (Å²) in [6.45, 7) is 0. The Labute approximate surface area is 127 Å². The Morgan fingerprint density at radius 3 is 2.70 bits per heavy atom. The summed E-state index contributed by atoms with van der Waals surface area (Å²) in [5.41, 5.74) is 1.88. The number of hydrogen-bond acceptors (Lipinski definition) is 2. The van der Waals surface area contributed by atoms with Crippen LogP contribution >= 0.6 is 23.8 Å². The quantitative estimate of drug-likeness (QED) is 0.767. The molecule has 0 atom stereocenters. The fourth-order valence-corrected chi connectivity index (χ4v) is 3.11. The summed E-state index contributed by atoms with van der Waals surface area (Å²) in [5.74, 6) is 0.747. The van der Waals surface area contributed by atoms with Gasteiger partial charge in [-0.1, -0.05) is 36.7 Å². The van der Waals surface area contributed by atoms with Crippen LogP contribution in [0.25, 0.3) is 11.4 Å². The van der Waals surface area contributed by atoms with Gasteiger partial charge in [0.25, 0.3) is 0 Å². The highest BCUT2D eigenvalue weighted by Crippen LogP contribution is 2.33. The van der Waals surface area contributed by atoms with Gasteiger partial charge in [-0.2, -0.15) is 0 Å². The van der Waals surface area contributed by atoms with E-state index in [1.54, 1.807) is 12.1 Å². The molecule has 0 unspecified atom stereocenters. The van der Waals surface area contributed by atoms with Crippen molar-refractivity contribution in [2.24, 2.45) is 0 Å². The van der Waals surface area contributed by atoms with Crippen molar-refractivity contribution in [1.29, 1.82) is 0 Å². The summed E-state index contributed by atoms with van der Waals surface area (Å²) >= 11 is 11.1. The summed E-state index contributed by atoms with van der Waals surface area (Å²) in [7, 11) is 0. The van der Waals surface area contributed by atoms with Gasteiger partial charge in [0, 0.05) is 11.3 Å². The average molecular weight is 309 g/mol. The molecule has 0 bridgehead atoms. The van der Waals surface area contributed by atoms with Gasteiger partial charge in [0.15, 0.2) is 0 Å². The van der Waals surface area contributed by atoms with Crippen molar-refractivity contribution in [3.05, 3.63) is 45.4 Å². The summed E-state index contributed by atoms with van der Waals surface area (Å²) in [4.78, 5) is 7.66. The summed E-state index contributed by atoms with van der Waals surface area (Å²) in [5, 5.41) is 0.0925. The molecule has 1 aliphatic carbocycles. The van der Waals surface area contributed by atoms with E-state index in [0.29, 0.717) is 16.4 Å². The Morgan fingerprint density at radius 1 is 1.25 bits per heavy atom. The van der Waals surface area contributed by atoms with Crippen molar-refractivity contribution in [3.63, 3.8) is 0 Å². The molecule has 1 N–H and O–H groups in total. The minimum absolute atomic E-state index is 0.0925. The molecule has 2 nitrogen and oxygen atoms in total. The predicted octanol–water partition coefficient (Wildman–Crippen LogP) is 5.26. The first-order valence-corrected chi connectivity index (χ1v) is 7.49. The monoisotopic (exact) mass is 308 g/mol. The SMILES string of the molecule is Fc1ccc(-c2nc(=S)cc(C3CCCC3)[nH]2)cc1Cl.